The molecule has 1 aromatic carbocycles. The highest BCUT2D eigenvalue weighted by Crippen LogP contribution is 2.58. The van der Waals surface area contributed by atoms with Gasteiger partial charge in [0.05, 0.1) is 18.9 Å². The molecule has 0 saturated heterocycles. The molecule has 0 unspecified atom stereocenters. The minimum atomic E-state index is -0.295. The highest BCUT2D eigenvalue weighted by Gasteiger charge is 2.50. The summed E-state index contributed by atoms with van der Waals surface area (Å²) < 4.78 is 7.31. The number of aliphatic hydroxyl groups is 1. The average Bonchev–Trinajstić information content (AvgIpc) is 3.52. The molecule has 4 aliphatic rings. The number of rotatable bonds is 8. The maximum Gasteiger partial charge on any atom is 0.231 e. The number of methoxy groups -OCH3 is 1. The lowest BCUT2D eigenvalue weighted by atomic mass is 9.51. The Bertz CT molecular complexity index is 1400. The maximum atomic E-state index is 14.2. The minimum Gasteiger partial charge on any atom is -0.496 e. The number of fused-ring (bicyclic) bond motifs is 3. The molecule has 1 amide bonds. The number of anilines is 1. The van der Waals surface area contributed by atoms with Crippen molar-refractivity contribution in [2.75, 3.05) is 18.6 Å². The zero-order valence-corrected chi connectivity index (χ0v) is 25.6. The van der Waals surface area contributed by atoms with Gasteiger partial charge in [-0.05, 0) is 105 Å². The Morgan fingerprint density at radius 3 is 2.38 bits per heavy atom. The Morgan fingerprint density at radius 1 is 1.05 bits per heavy atom. The third-order valence-electron chi connectivity index (χ3n) is 10.5. The molecule has 7 rings (SSSR count). The highest BCUT2D eigenvalue weighted by molar-refractivity contribution is 5.94. The molecule has 2 aromatic heterocycles. The monoisotopic (exact) mass is 571 g/mol. The minimum absolute atomic E-state index is 0.0808. The summed E-state index contributed by atoms with van der Waals surface area (Å²) in [6.07, 6.45) is 12.8. The van der Waals surface area contributed by atoms with Crippen LogP contribution in [0, 0.1) is 18.3 Å². The summed E-state index contributed by atoms with van der Waals surface area (Å²) in [6.45, 7) is 6.98. The normalized spacial score (nSPS) is 27.3. The van der Waals surface area contributed by atoms with Crippen LogP contribution in [0.15, 0.2) is 42.9 Å². The fourth-order valence-corrected chi connectivity index (χ4v) is 7.65. The third kappa shape index (κ3) is 5.46. The Balaban J connectivity index is 1.27. The summed E-state index contributed by atoms with van der Waals surface area (Å²) in [5, 5.41) is 14.8. The van der Waals surface area contributed by atoms with Crippen LogP contribution in [-0.2, 0) is 10.2 Å². The van der Waals surface area contributed by atoms with E-state index in [1.807, 2.05) is 17.0 Å². The number of amides is 1. The lowest BCUT2D eigenvalue weighted by Crippen LogP contribution is -2.52. The number of benzene rings is 1. The van der Waals surface area contributed by atoms with E-state index >= 15 is 0 Å². The number of carbonyl (C=O) groups is 1. The number of hydrogen-bond donors (Lipinski definition) is 1. The zero-order chi connectivity index (χ0) is 29.5. The Hall–Kier alpha value is -3.26. The van der Waals surface area contributed by atoms with Gasteiger partial charge in [-0.2, -0.15) is 5.10 Å². The quantitative estimate of drug-likeness (QED) is 0.342. The van der Waals surface area contributed by atoms with Crippen LogP contribution in [-0.4, -0.2) is 50.5 Å². The molecule has 0 aliphatic heterocycles. The number of aryl methyl sites for hydroxylation is 1. The van der Waals surface area contributed by atoms with Gasteiger partial charge in [0.25, 0.3) is 0 Å². The molecule has 4 aliphatic carbocycles. The first-order valence-corrected chi connectivity index (χ1v) is 15.7. The summed E-state index contributed by atoms with van der Waals surface area (Å²) in [5.74, 6) is 2.73. The van der Waals surface area contributed by atoms with Crippen molar-refractivity contribution < 1.29 is 14.6 Å². The lowest BCUT2D eigenvalue weighted by molar-refractivity contribution is -0.124. The number of carbonyl (C=O) groups excluding carboxylic acids is 1. The summed E-state index contributed by atoms with van der Waals surface area (Å²) in [4.78, 5) is 25.4. The van der Waals surface area contributed by atoms with Gasteiger partial charge >= 0.3 is 0 Å². The smallest absolute Gasteiger partial charge is 0.231 e. The van der Waals surface area contributed by atoms with E-state index in [0.29, 0.717) is 25.2 Å². The molecule has 0 spiro atoms. The van der Waals surface area contributed by atoms with Gasteiger partial charge in [-0.1, -0.05) is 26.0 Å². The van der Waals surface area contributed by atoms with Gasteiger partial charge in [0.1, 0.15) is 17.9 Å². The van der Waals surface area contributed by atoms with Gasteiger partial charge in [0.2, 0.25) is 5.91 Å². The van der Waals surface area contributed by atoms with Crippen LogP contribution < -0.4 is 9.64 Å². The van der Waals surface area contributed by atoms with Crippen molar-refractivity contribution in [3.8, 4) is 11.4 Å². The number of pyridine rings is 1. The first-order chi connectivity index (χ1) is 20.2. The molecular formula is C34H45N5O3. The van der Waals surface area contributed by atoms with Gasteiger partial charge in [0.15, 0.2) is 5.82 Å². The molecule has 4 fully saturated rings. The van der Waals surface area contributed by atoms with E-state index in [1.165, 1.54) is 11.1 Å². The molecular weight excluding hydrogens is 526 g/mol. The van der Waals surface area contributed by atoms with E-state index in [4.69, 9.17) is 9.72 Å². The van der Waals surface area contributed by atoms with Crippen molar-refractivity contribution in [2.45, 2.75) is 102 Å². The van der Waals surface area contributed by atoms with E-state index in [-0.39, 0.29) is 34.7 Å². The summed E-state index contributed by atoms with van der Waals surface area (Å²) in [5.41, 5.74) is 3.79. The van der Waals surface area contributed by atoms with Crippen LogP contribution >= 0.6 is 0 Å². The molecule has 2 heterocycles. The Kier molecular flexibility index (Phi) is 7.85. The molecule has 224 valence electrons. The molecule has 8 heteroatoms. The van der Waals surface area contributed by atoms with Crippen molar-refractivity contribution >= 4 is 11.7 Å². The van der Waals surface area contributed by atoms with Crippen LogP contribution in [0.3, 0.4) is 0 Å². The molecule has 42 heavy (non-hydrogen) atoms. The molecule has 8 nitrogen and oxygen atoms in total. The summed E-state index contributed by atoms with van der Waals surface area (Å²) >= 11 is 0. The van der Waals surface area contributed by atoms with E-state index in [9.17, 15) is 9.90 Å². The summed E-state index contributed by atoms with van der Waals surface area (Å²) in [7, 11) is 1.73. The first kappa shape index (κ1) is 28.8. The van der Waals surface area contributed by atoms with E-state index in [0.717, 1.165) is 68.6 Å². The SMILES string of the molecule is COc1ccc(C23CCC(CN(C(=O)C4CCC(O)CC4)c4cc(-n5cnc(C(C)C)n5)ccn4)(CC2)CC3)cc1C. The van der Waals surface area contributed by atoms with Gasteiger partial charge in [-0.25, -0.2) is 14.6 Å². The van der Waals surface area contributed by atoms with Crippen LogP contribution in [0.1, 0.15) is 101 Å². The van der Waals surface area contributed by atoms with Gasteiger partial charge in [-0.3, -0.25) is 9.69 Å². The molecule has 3 aromatic rings. The van der Waals surface area contributed by atoms with Crippen molar-refractivity contribution in [3.05, 3.63) is 59.8 Å². The van der Waals surface area contributed by atoms with Crippen molar-refractivity contribution in [3.63, 3.8) is 0 Å². The topological polar surface area (TPSA) is 93.4 Å². The maximum absolute atomic E-state index is 14.2. The molecule has 4 saturated carbocycles. The molecule has 0 radical (unpaired) electrons. The van der Waals surface area contributed by atoms with E-state index < -0.39 is 0 Å². The van der Waals surface area contributed by atoms with Gasteiger partial charge in [-0.15, -0.1) is 0 Å². The predicted molar refractivity (Wildman–Crippen MR) is 163 cm³/mol. The first-order valence-electron chi connectivity index (χ1n) is 15.7. The third-order valence-corrected chi connectivity index (χ3v) is 10.5. The highest BCUT2D eigenvalue weighted by atomic mass is 16.5. The van der Waals surface area contributed by atoms with Crippen molar-refractivity contribution in [2.24, 2.45) is 11.3 Å². The Labute approximate surface area is 249 Å². The molecule has 0 atom stereocenters. The van der Waals surface area contributed by atoms with Crippen molar-refractivity contribution in [1.29, 1.82) is 0 Å². The largest absolute Gasteiger partial charge is 0.496 e. The summed E-state index contributed by atoms with van der Waals surface area (Å²) in [6, 6.07) is 10.6. The van der Waals surface area contributed by atoms with Crippen LogP contribution in [0.5, 0.6) is 5.75 Å². The zero-order valence-electron chi connectivity index (χ0n) is 25.6. The lowest BCUT2D eigenvalue weighted by Gasteiger charge is -2.55. The number of ether oxygens (including phenoxy) is 1. The number of hydrogen-bond acceptors (Lipinski definition) is 6. The fraction of sp³-hybridized carbons (Fsp3) is 0.588. The van der Waals surface area contributed by atoms with Crippen LogP contribution in [0.4, 0.5) is 5.82 Å². The standard InChI is InChI=1S/C34H45N5O3/c1-23(2)31-36-22-39(37-31)27-11-18-35-30(20-27)38(32(41)25-5-8-28(40)9-6-25)21-33-12-15-34(16-13-33,17-14-33)26-7-10-29(42-4)24(3)19-26/h7,10-11,18-20,22-23,25,28,40H,5-6,8-9,12-17,21H2,1-4H3. The number of nitrogens with zero attached hydrogens (tertiary/aromatic N) is 5. The van der Waals surface area contributed by atoms with Crippen LogP contribution in [0.25, 0.3) is 5.69 Å². The predicted octanol–water partition coefficient (Wildman–Crippen LogP) is 6.28. The van der Waals surface area contributed by atoms with Crippen molar-refractivity contribution in [1.82, 2.24) is 19.7 Å². The van der Waals surface area contributed by atoms with Gasteiger partial charge in [0, 0.05) is 30.6 Å². The van der Waals surface area contributed by atoms with Crippen LogP contribution in [0.2, 0.25) is 0 Å². The average molecular weight is 572 g/mol. The number of aliphatic hydroxyl groups excluding tert-OH is 1. The fourth-order valence-electron chi connectivity index (χ4n) is 7.65. The second-order valence-electron chi connectivity index (χ2n) is 13.5. The molecule has 2 bridgehead atoms. The van der Waals surface area contributed by atoms with E-state index in [1.54, 1.807) is 24.3 Å². The second-order valence-corrected chi connectivity index (χ2v) is 13.5. The Morgan fingerprint density at radius 2 is 1.76 bits per heavy atom. The van der Waals surface area contributed by atoms with E-state index in [2.05, 4.69) is 49.1 Å². The second kappa shape index (κ2) is 11.4. The van der Waals surface area contributed by atoms with Gasteiger partial charge < -0.3 is 9.84 Å². The number of aromatic nitrogens is 4. The molecule has 1 N–H and O–H groups in total.